The Morgan fingerprint density at radius 3 is 2.19 bits per heavy atom. The van der Waals surface area contributed by atoms with Gasteiger partial charge in [-0.05, 0) is 75.1 Å². The van der Waals surface area contributed by atoms with Crippen LogP contribution in [0.5, 0.6) is 0 Å². The number of pyridine rings is 1. The number of nitrogens with one attached hydrogen (secondary N) is 3. The molecule has 6 rings (SSSR count). The molecule has 340 valence electrons. The lowest BCUT2D eigenvalue weighted by Gasteiger charge is -2.47. The van der Waals surface area contributed by atoms with Gasteiger partial charge in [-0.3, -0.25) is 28.9 Å². The molecule has 5 amide bonds. The zero-order valence-electron chi connectivity index (χ0n) is 37.2. The maximum Gasteiger partial charge on any atom is 0.410 e. The number of likely N-dealkylation sites (tertiary alicyclic amines) is 1. The molecule has 2 fully saturated rings. The molecular formula is C49H61N7O8. The third-order valence-corrected chi connectivity index (χ3v) is 11.8. The molecule has 2 aliphatic rings. The number of ether oxygens (including phenoxy) is 2. The molecule has 1 saturated heterocycles. The normalized spacial score (nSPS) is 18.9. The Balaban J connectivity index is 1.30. The van der Waals surface area contributed by atoms with Crippen LogP contribution in [0.15, 0.2) is 97.1 Å². The Morgan fingerprint density at radius 2 is 1.50 bits per heavy atom. The molecule has 1 aliphatic carbocycles. The zero-order chi connectivity index (χ0) is 45.8. The van der Waals surface area contributed by atoms with Crippen molar-refractivity contribution in [1.82, 2.24) is 30.7 Å². The van der Waals surface area contributed by atoms with Crippen LogP contribution in [-0.4, -0.2) is 107 Å². The Hall–Kier alpha value is -6.35. The number of hydrogen-bond acceptors (Lipinski definition) is 10. The molecule has 0 radical (unpaired) electrons. The number of fused-ring (bicyclic) bond motifs is 2. The molecule has 15 nitrogen and oxygen atoms in total. The lowest BCUT2D eigenvalue weighted by atomic mass is 9.72. The number of aromatic nitrogens is 1. The van der Waals surface area contributed by atoms with Crippen molar-refractivity contribution >= 4 is 46.6 Å². The number of benzene rings is 3. The lowest BCUT2D eigenvalue weighted by Crippen LogP contribution is -2.62. The number of piperidine rings is 1. The van der Waals surface area contributed by atoms with E-state index in [1.807, 2.05) is 93.6 Å². The maximum absolute atomic E-state index is 14.5. The zero-order valence-corrected chi connectivity index (χ0v) is 37.2. The van der Waals surface area contributed by atoms with Crippen molar-refractivity contribution in [2.24, 2.45) is 17.6 Å². The number of nitrogens with zero attached hydrogens (tertiary/aromatic N) is 3. The van der Waals surface area contributed by atoms with Gasteiger partial charge in [0.05, 0.1) is 24.0 Å². The molecule has 3 aromatic carbocycles. The first kappa shape index (κ1) is 47.1. The first-order valence-corrected chi connectivity index (χ1v) is 22.1. The predicted molar refractivity (Wildman–Crippen MR) is 241 cm³/mol. The van der Waals surface area contributed by atoms with E-state index in [0.717, 1.165) is 47.1 Å². The number of rotatable bonds is 17. The van der Waals surface area contributed by atoms with Crippen molar-refractivity contribution in [2.75, 3.05) is 26.7 Å². The van der Waals surface area contributed by atoms with E-state index in [1.54, 1.807) is 18.2 Å². The van der Waals surface area contributed by atoms with E-state index in [4.69, 9.17) is 15.2 Å². The van der Waals surface area contributed by atoms with Crippen molar-refractivity contribution < 1.29 is 38.2 Å². The summed E-state index contributed by atoms with van der Waals surface area (Å²) < 4.78 is 11.8. The highest BCUT2D eigenvalue weighted by atomic mass is 16.6. The highest BCUT2D eigenvalue weighted by Gasteiger charge is 2.43. The van der Waals surface area contributed by atoms with Gasteiger partial charge in [0.15, 0.2) is 0 Å². The number of carbonyl (C=O) groups is 6. The van der Waals surface area contributed by atoms with Gasteiger partial charge in [-0.2, -0.15) is 0 Å². The summed E-state index contributed by atoms with van der Waals surface area (Å²) in [6.07, 6.45) is 2.61. The molecule has 1 saturated carbocycles. The number of nitrogens with two attached hydrogens (primary N) is 1. The van der Waals surface area contributed by atoms with Gasteiger partial charge < -0.3 is 36.1 Å². The number of primary amides is 1. The Kier molecular flexibility index (Phi) is 16.1. The average Bonchev–Trinajstić information content (AvgIpc) is 3.27. The van der Waals surface area contributed by atoms with E-state index in [-0.39, 0.29) is 31.2 Å². The number of para-hydroxylation sites is 1. The topological polar surface area (TPSA) is 202 Å². The van der Waals surface area contributed by atoms with Crippen LogP contribution < -0.4 is 21.7 Å². The minimum absolute atomic E-state index is 0.00193. The van der Waals surface area contributed by atoms with E-state index >= 15 is 0 Å². The second kappa shape index (κ2) is 21.8. The fourth-order valence-electron chi connectivity index (χ4n) is 8.66. The van der Waals surface area contributed by atoms with Crippen molar-refractivity contribution in [3.63, 3.8) is 0 Å². The summed E-state index contributed by atoms with van der Waals surface area (Å²) >= 11 is 0. The lowest BCUT2D eigenvalue weighted by molar-refractivity contribution is -0.155. The molecule has 5 N–H and O–H groups in total. The minimum Gasteiger partial charge on any atom is -0.457 e. The van der Waals surface area contributed by atoms with Gasteiger partial charge in [-0.1, -0.05) is 104 Å². The highest BCUT2D eigenvalue weighted by Crippen LogP contribution is 2.39. The van der Waals surface area contributed by atoms with Crippen LogP contribution in [-0.2, 0) is 41.7 Å². The second-order valence-corrected chi connectivity index (χ2v) is 18.1. The van der Waals surface area contributed by atoms with Crippen LogP contribution in [0.3, 0.4) is 0 Å². The molecule has 0 unspecified atom stereocenters. The molecule has 2 heterocycles. The summed E-state index contributed by atoms with van der Waals surface area (Å²) in [5.74, 6) is -2.52. The summed E-state index contributed by atoms with van der Waals surface area (Å²) in [5.41, 5.74) is 7.31. The van der Waals surface area contributed by atoms with Gasteiger partial charge in [-0.15, -0.1) is 0 Å². The quantitative estimate of drug-likeness (QED) is 0.106. The Bertz CT molecular complexity index is 2250. The van der Waals surface area contributed by atoms with E-state index in [0.29, 0.717) is 30.3 Å². The van der Waals surface area contributed by atoms with Crippen molar-refractivity contribution in [3.8, 4) is 0 Å². The van der Waals surface area contributed by atoms with Gasteiger partial charge in [-0.25, -0.2) is 9.78 Å². The fourth-order valence-corrected chi connectivity index (χ4v) is 8.66. The van der Waals surface area contributed by atoms with Crippen LogP contribution in [0.25, 0.3) is 10.9 Å². The van der Waals surface area contributed by atoms with Crippen molar-refractivity contribution in [3.05, 3.63) is 114 Å². The van der Waals surface area contributed by atoms with Gasteiger partial charge in [0, 0.05) is 31.1 Å². The number of amides is 5. The van der Waals surface area contributed by atoms with Crippen molar-refractivity contribution in [1.29, 1.82) is 0 Å². The van der Waals surface area contributed by atoms with E-state index in [2.05, 4.69) is 25.8 Å². The molecular weight excluding hydrogens is 815 g/mol. The molecule has 15 heteroatoms. The van der Waals surface area contributed by atoms with Gasteiger partial charge in [0.1, 0.15) is 31.0 Å². The molecule has 6 atom stereocenters. The number of esters is 1. The van der Waals surface area contributed by atoms with E-state index < -0.39 is 72.5 Å². The van der Waals surface area contributed by atoms with Gasteiger partial charge in [0.25, 0.3) is 5.91 Å². The highest BCUT2D eigenvalue weighted by molar-refractivity contribution is 5.99. The van der Waals surface area contributed by atoms with Crippen LogP contribution in [0.4, 0.5) is 4.79 Å². The van der Waals surface area contributed by atoms with Crippen LogP contribution in [0.1, 0.15) is 80.9 Å². The second-order valence-electron chi connectivity index (χ2n) is 18.1. The van der Waals surface area contributed by atoms with Gasteiger partial charge >= 0.3 is 12.1 Å². The molecule has 1 aliphatic heterocycles. The smallest absolute Gasteiger partial charge is 0.410 e. The van der Waals surface area contributed by atoms with Crippen LogP contribution in [0, 0.1) is 11.8 Å². The summed E-state index contributed by atoms with van der Waals surface area (Å²) in [6.45, 7) is 5.92. The number of carbonyl (C=O) groups excluding carboxylic acids is 6. The summed E-state index contributed by atoms with van der Waals surface area (Å²) in [5, 5.41) is 9.64. The van der Waals surface area contributed by atoms with E-state index in [1.165, 1.54) is 13.1 Å². The molecule has 1 aromatic heterocycles. The fraction of sp³-hybridized carbons (Fsp3) is 0.449. The molecule has 0 spiro atoms. The molecule has 0 bridgehead atoms. The average molecular weight is 876 g/mol. The largest absolute Gasteiger partial charge is 0.457 e. The van der Waals surface area contributed by atoms with E-state index in [9.17, 15) is 28.8 Å². The third kappa shape index (κ3) is 13.6. The monoisotopic (exact) mass is 875 g/mol. The first-order chi connectivity index (χ1) is 30.6. The third-order valence-electron chi connectivity index (χ3n) is 11.8. The predicted octanol–water partition coefficient (Wildman–Crippen LogP) is 4.91. The summed E-state index contributed by atoms with van der Waals surface area (Å²) in [7, 11) is 1.43. The SMILES string of the molecule is CN(CC(=O)O[C@H](CN1C[C@H]2CCCC[C@H]2C[C@H]1C(=O)NC(C)(C)C)[C@H](Cc1ccccc1)NC(=O)[C@H](CC(N)=O)NC(=O)c1ccc2ccccc2n1)C(=O)OCc1ccccc1. The Labute approximate surface area is 374 Å². The number of likely N-dealkylation sites (N-methyl/N-ethyl adjacent to an activating group) is 1. The molecule has 64 heavy (non-hydrogen) atoms. The van der Waals surface area contributed by atoms with Gasteiger partial charge in [0.2, 0.25) is 17.7 Å². The minimum atomic E-state index is -1.43. The van der Waals surface area contributed by atoms with Crippen LogP contribution >= 0.6 is 0 Å². The summed E-state index contributed by atoms with van der Waals surface area (Å²) in [4.78, 5) is 89.4. The number of hydrogen-bond donors (Lipinski definition) is 4. The standard InChI is InChI=1S/C49H61N7O8/c1-49(2,3)54-47(61)41-26-35-20-11-12-21-36(35)28-56(41)29-42(64-44(58)30-55(4)48(62)63-31-33-17-9-6-10-18-33)39(25-32-15-7-5-8-16-32)52-46(60)40(27-43(50)57)53-45(59)38-24-23-34-19-13-14-22-37(34)51-38/h5-10,13-19,22-24,35-36,39-42H,11-12,20-21,25-31H2,1-4H3,(H2,50,57)(H,52,60)(H,53,59)(H,54,61)/t35-,36+,39-,40-,41-,42+/m0/s1. The Morgan fingerprint density at radius 1 is 0.844 bits per heavy atom. The van der Waals surface area contributed by atoms with Crippen LogP contribution in [0.2, 0.25) is 0 Å². The maximum atomic E-state index is 14.5. The summed E-state index contributed by atoms with van der Waals surface area (Å²) in [6, 6.07) is 26.0. The van der Waals surface area contributed by atoms with Crippen molar-refractivity contribution in [2.45, 2.75) is 102 Å². The molecule has 4 aromatic rings. The first-order valence-electron chi connectivity index (χ1n) is 22.1.